The second kappa shape index (κ2) is 9.63. The average molecular weight is 475 g/mol. The number of hydrogen-bond donors (Lipinski definition) is 0. The lowest BCUT2D eigenvalue weighted by Gasteiger charge is -2.18. The van der Waals surface area contributed by atoms with E-state index in [-0.39, 0.29) is 5.41 Å². The molecule has 0 bridgehead atoms. The molecule has 5 aromatic rings. The zero-order valence-electron chi connectivity index (χ0n) is 20.7. The summed E-state index contributed by atoms with van der Waals surface area (Å²) in [5.74, 6) is 7.76. The maximum atomic E-state index is 5.99. The SMILES string of the molecule is CC#CCc1ccc(-c2nnc(-c3cccc(-c4nnc(-c5ccc(C(C)(C)C)cc5)o4)c3)o2)cc1. The molecule has 0 amide bonds. The normalized spacial score (nSPS) is 11.2. The van der Waals surface area contributed by atoms with Gasteiger partial charge in [-0.2, -0.15) is 0 Å². The van der Waals surface area contributed by atoms with Gasteiger partial charge in [-0.1, -0.05) is 57.0 Å². The predicted molar refractivity (Wildman–Crippen MR) is 140 cm³/mol. The van der Waals surface area contributed by atoms with Crippen molar-refractivity contribution in [3.63, 3.8) is 0 Å². The van der Waals surface area contributed by atoms with Crippen LogP contribution >= 0.6 is 0 Å². The Hall–Kier alpha value is -4.50. The van der Waals surface area contributed by atoms with Gasteiger partial charge in [-0.3, -0.25) is 0 Å². The summed E-state index contributed by atoms with van der Waals surface area (Å²) in [4.78, 5) is 0. The Labute approximate surface area is 210 Å². The average Bonchev–Trinajstić information content (AvgIpc) is 3.58. The lowest BCUT2D eigenvalue weighted by Crippen LogP contribution is -2.10. The van der Waals surface area contributed by atoms with Gasteiger partial charge in [0.1, 0.15) is 0 Å². The molecule has 0 saturated carbocycles. The summed E-state index contributed by atoms with van der Waals surface area (Å²) in [7, 11) is 0. The molecule has 0 aliphatic heterocycles. The van der Waals surface area contributed by atoms with Crippen LogP contribution in [-0.2, 0) is 11.8 Å². The fourth-order valence-electron chi connectivity index (χ4n) is 3.77. The molecule has 0 fully saturated rings. The molecule has 178 valence electrons. The van der Waals surface area contributed by atoms with Crippen LogP contribution in [0.25, 0.3) is 45.8 Å². The molecule has 0 N–H and O–H groups in total. The largest absolute Gasteiger partial charge is 0.416 e. The third kappa shape index (κ3) is 4.96. The van der Waals surface area contributed by atoms with Crippen LogP contribution in [0.5, 0.6) is 0 Å². The van der Waals surface area contributed by atoms with Crippen molar-refractivity contribution in [2.45, 2.75) is 39.5 Å². The van der Waals surface area contributed by atoms with E-state index in [2.05, 4.69) is 65.1 Å². The monoisotopic (exact) mass is 474 g/mol. The van der Waals surface area contributed by atoms with Crippen molar-refractivity contribution in [3.8, 4) is 57.7 Å². The number of nitrogens with zero attached hydrogens (tertiary/aromatic N) is 4. The maximum Gasteiger partial charge on any atom is 0.248 e. The Kier molecular flexibility index (Phi) is 6.22. The Bertz CT molecular complexity index is 1540. The number of hydrogen-bond acceptors (Lipinski definition) is 6. The van der Waals surface area contributed by atoms with Crippen LogP contribution in [0.15, 0.2) is 81.6 Å². The Morgan fingerprint density at radius 1 is 0.639 bits per heavy atom. The molecule has 0 aliphatic carbocycles. The molecule has 2 heterocycles. The van der Waals surface area contributed by atoms with E-state index in [4.69, 9.17) is 8.83 Å². The van der Waals surface area contributed by atoms with E-state index in [0.29, 0.717) is 23.6 Å². The minimum atomic E-state index is 0.0842. The second-order valence-corrected chi connectivity index (χ2v) is 9.53. The fourth-order valence-corrected chi connectivity index (χ4v) is 3.77. The highest BCUT2D eigenvalue weighted by Crippen LogP contribution is 2.30. The first-order chi connectivity index (χ1) is 17.4. The van der Waals surface area contributed by atoms with Crippen molar-refractivity contribution in [1.82, 2.24) is 20.4 Å². The van der Waals surface area contributed by atoms with Crippen molar-refractivity contribution in [2.24, 2.45) is 0 Å². The molecule has 2 aromatic heterocycles. The van der Waals surface area contributed by atoms with Crippen molar-refractivity contribution in [3.05, 3.63) is 83.9 Å². The Balaban J connectivity index is 1.36. The molecule has 0 spiro atoms. The third-order valence-electron chi connectivity index (χ3n) is 5.87. The zero-order chi connectivity index (χ0) is 25.1. The van der Waals surface area contributed by atoms with E-state index in [1.54, 1.807) is 0 Å². The van der Waals surface area contributed by atoms with Gasteiger partial charge in [-0.25, -0.2) is 0 Å². The molecule has 0 aliphatic rings. The maximum absolute atomic E-state index is 5.99. The van der Waals surface area contributed by atoms with Crippen molar-refractivity contribution in [1.29, 1.82) is 0 Å². The summed E-state index contributed by atoms with van der Waals surface area (Å²) in [6.07, 6.45) is 0.721. The molecular weight excluding hydrogens is 448 g/mol. The minimum absolute atomic E-state index is 0.0842. The molecule has 6 nitrogen and oxygen atoms in total. The van der Waals surface area contributed by atoms with Crippen LogP contribution in [0, 0.1) is 11.8 Å². The highest BCUT2D eigenvalue weighted by atomic mass is 16.4. The van der Waals surface area contributed by atoms with Gasteiger partial charge in [0.25, 0.3) is 0 Å². The summed E-state index contributed by atoms with van der Waals surface area (Å²) in [5.41, 5.74) is 5.77. The highest BCUT2D eigenvalue weighted by Gasteiger charge is 2.16. The molecule has 5 rings (SSSR count). The van der Waals surface area contributed by atoms with E-state index in [9.17, 15) is 0 Å². The molecule has 0 saturated heterocycles. The van der Waals surface area contributed by atoms with Crippen molar-refractivity contribution in [2.75, 3.05) is 0 Å². The first-order valence-electron chi connectivity index (χ1n) is 11.8. The Morgan fingerprint density at radius 2 is 1.11 bits per heavy atom. The molecular formula is C30H26N4O2. The molecule has 36 heavy (non-hydrogen) atoms. The van der Waals surface area contributed by atoms with Gasteiger partial charge in [0.2, 0.25) is 23.6 Å². The number of aromatic nitrogens is 4. The van der Waals surface area contributed by atoms with Gasteiger partial charge < -0.3 is 8.83 Å². The van der Waals surface area contributed by atoms with Gasteiger partial charge in [-0.15, -0.1) is 26.3 Å². The quantitative estimate of drug-likeness (QED) is 0.256. The highest BCUT2D eigenvalue weighted by molar-refractivity contribution is 5.66. The van der Waals surface area contributed by atoms with E-state index >= 15 is 0 Å². The first kappa shape index (κ1) is 23.3. The topological polar surface area (TPSA) is 77.8 Å². The fraction of sp³-hybridized carbons (Fsp3) is 0.200. The standard InChI is InChI=1S/C30H26N4O2/c1-5-6-8-20-11-13-21(14-12-20)26-31-33-28(35-26)23-9-7-10-24(19-23)29-34-32-27(36-29)22-15-17-25(18-16-22)30(2,3)4/h7,9-19H,8H2,1-4H3. The molecule has 0 atom stereocenters. The van der Waals surface area contributed by atoms with Gasteiger partial charge in [-0.05, 0) is 65.9 Å². The molecule has 0 radical (unpaired) electrons. The lowest BCUT2D eigenvalue weighted by atomic mass is 9.87. The second-order valence-electron chi connectivity index (χ2n) is 9.53. The minimum Gasteiger partial charge on any atom is -0.416 e. The van der Waals surface area contributed by atoms with E-state index in [0.717, 1.165) is 34.2 Å². The summed E-state index contributed by atoms with van der Waals surface area (Å²) in [5, 5.41) is 17.0. The summed E-state index contributed by atoms with van der Waals surface area (Å²) in [6.45, 7) is 8.40. The summed E-state index contributed by atoms with van der Waals surface area (Å²) in [6, 6.07) is 23.8. The van der Waals surface area contributed by atoms with E-state index < -0.39 is 0 Å². The third-order valence-corrected chi connectivity index (χ3v) is 5.87. The molecule has 6 heteroatoms. The summed E-state index contributed by atoms with van der Waals surface area (Å²) >= 11 is 0. The Morgan fingerprint density at radius 3 is 1.58 bits per heavy atom. The molecule has 0 unspecified atom stereocenters. The van der Waals surface area contributed by atoms with Gasteiger partial charge in [0.05, 0.1) is 0 Å². The zero-order valence-corrected chi connectivity index (χ0v) is 20.7. The first-order valence-corrected chi connectivity index (χ1v) is 11.8. The lowest BCUT2D eigenvalue weighted by molar-refractivity contribution is 0.581. The van der Waals surface area contributed by atoms with Crippen LogP contribution in [0.1, 0.15) is 38.8 Å². The molecule has 3 aromatic carbocycles. The number of rotatable bonds is 5. The number of benzene rings is 3. The van der Waals surface area contributed by atoms with Crippen LogP contribution in [-0.4, -0.2) is 20.4 Å². The van der Waals surface area contributed by atoms with Crippen LogP contribution in [0.3, 0.4) is 0 Å². The summed E-state index contributed by atoms with van der Waals surface area (Å²) < 4.78 is 12.0. The van der Waals surface area contributed by atoms with E-state index in [1.807, 2.05) is 67.6 Å². The van der Waals surface area contributed by atoms with Gasteiger partial charge in [0, 0.05) is 28.7 Å². The van der Waals surface area contributed by atoms with Crippen LogP contribution in [0.4, 0.5) is 0 Å². The van der Waals surface area contributed by atoms with Crippen LogP contribution < -0.4 is 0 Å². The van der Waals surface area contributed by atoms with Crippen LogP contribution in [0.2, 0.25) is 0 Å². The van der Waals surface area contributed by atoms with E-state index in [1.165, 1.54) is 5.56 Å². The predicted octanol–water partition coefficient (Wildman–Crippen LogP) is 6.98. The van der Waals surface area contributed by atoms with Gasteiger partial charge >= 0.3 is 0 Å². The van der Waals surface area contributed by atoms with Crippen molar-refractivity contribution < 1.29 is 8.83 Å². The van der Waals surface area contributed by atoms with Crippen molar-refractivity contribution >= 4 is 0 Å². The smallest absolute Gasteiger partial charge is 0.248 e. The van der Waals surface area contributed by atoms with Gasteiger partial charge in [0.15, 0.2) is 0 Å².